The molecule has 0 bridgehead atoms. The highest BCUT2D eigenvalue weighted by Gasteiger charge is 2.47. The molecule has 1 rings (SSSR count). The van der Waals surface area contributed by atoms with Crippen LogP contribution in [-0.4, -0.2) is 33.7 Å². The van der Waals surface area contributed by atoms with E-state index < -0.39 is 5.60 Å². The smallest absolute Gasteiger partial charge is 0.0654 e. The third-order valence-corrected chi connectivity index (χ3v) is 3.44. The van der Waals surface area contributed by atoms with E-state index in [2.05, 4.69) is 39.6 Å². The third-order valence-electron chi connectivity index (χ3n) is 3.44. The summed E-state index contributed by atoms with van der Waals surface area (Å²) < 4.78 is 0. The summed E-state index contributed by atoms with van der Waals surface area (Å²) in [6.45, 7) is 10.7. The molecule has 1 saturated heterocycles. The fraction of sp³-hybridized carbons (Fsp3) is 1.00. The molecular weight excluding hydrogens is 174 g/mol. The van der Waals surface area contributed by atoms with Gasteiger partial charge in [0.05, 0.1) is 5.60 Å². The van der Waals surface area contributed by atoms with Gasteiger partial charge in [-0.25, -0.2) is 0 Å². The van der Waals surface area contributed by atoms with E-state index in [4.69, 9.17) is 0 Å². The molecule has 2 nitrogen and oxygen atoms in total. The summed E-state index contributed by atoms with van der Waals surface area (Å²) in [5.74, 6) is 0. The summed E-state index contributed by atoms with van der Waals surface area (Å²) >= 11 is 0. The van der Waals surface area contributed by atoms with Crippen LogP contribution < -0.4 is 0 Å². The SMILES string of the molecule is C.CN1C(C)(C)CC(C)(O)CC1(C)C. The van der Waals surface area contributed by atoms with Gasteiger partial charge in [-0.2, -0.15) is 0 Å². The highest BCUT2D eigenvalue weighted by atomic mass is 16.3. The van der Waals surface area contributed by atoms with Gasteiger partial charge in [0.15, 0.2) is 0 Å². The number of rotatable bonds is 0. The van der Waals surface area contributed by atoms with Crippen LogP contribution in [0.3, 0.4) is 0 Å². The number of hydrogen-bond donors (Lipinski definition) is 1. The average Bonchev–Trinajstić information content (AvgIpc) is 1.77. The van der Waals surface area contributed by atoms with Crippen molar-refractivity contribution in [1.82, 2.24) is 4.90 Å². The molecule has 0 unspecified atom stereocenters. The first-order chi connectivity index (χ1) is 5.57. The highest BCUT2D eigenvalue weighted by molar-refractivity contribution is 5.03. The lowest BCUT2D eigenvalue weighted by Gasteiger charge is -2.55. The van der Waals surface area contributed by atoms with Gasteiger partial charge in [-0.1, -0.05) is 7.43 Å². The Kier molecular flexibility index (Phi) is 3.47. The normalized spacial score (nSPS) is 29.4. The Hall–Kier alpha value is -0.0800. The lowest BCUT2D eigenvalue weighted by atomic mass is 9.72. The van der Waals surface area contributed by atoms with Gasteiger partial charge in [-0.15, -0.1) is 0 Å². The summed E-state index contributed by atoms with van der Waals surface area (Å²) in [5.41, 5.74) is -0.337. The Labute approximate surface area is 89.3 Å². The monoisotopic (exact) mass is 201 g/mol. The lowest BCUT2D eigenvalue weighted by Crippen LogP contribution is -2.63. The van der Waals surface area contributed by atoms with Gasteiger partial charge >= 0.3 is 0 Å². The zero-order valence-corrected chi connectivity index (χ0v) is 9.81. The van der Waals surface area contributed by atoms with Crippen LogP contribution in [0.4, 0.5) is 0 Å². The topological polar surface area (TPSA) is 23.5 Å². The first-order valence-electron chi connectivity index (χ1n) is 5.03. The zero-order chi connectivity index (χ0) is 10.5. The maximum absolute atomic E-state index is 10.1. The van der Waals surface area contributed by atoms with E-state index in [0.717, 1.165) is 12.8 Å². The molecule has 0 amide bonds. The molecule has 14 heavy (non-hydrogen) atoms. The molecule has 1 N–H and O–H groups in total. The summed E-state index contributed by atoms with van der Waals surface area (Å²) in [6, 6.07) is 0. The molecule has 1 heterocycles. The van der Waals surface area contributed by atoms with Gasteiger partial charge in [-0.3, -0.25) is 4.90 Å². The van der Waals surface area contributed by atoms with Gasteiger partial charge in [0.25, 0.3) is 0 Å². The van der Waals surface area contributed by atoms with Crippen LogP contribution in [0.2, 0.25) is 0 Å². The van der Waals surface area contributed by atoms with E-state index in [1.165, 1.54) is 0 Å². The number of piperidine rings is 1. The summed E-state index contributed by atoms with van der Waals surface area (Å²) in [6.07, 6.45) is 1.69. The van der Waals surface area contributed by atoms with Gasteiger partial charge in [0, 0.05) is 11.1 Å². The van der Waals surface area contributed by atoms with Crippen molar-refractivity contribution in [3.63, 3.8) is 0 Å². The molecule has 0 aromatic heterocycles. The maximum atomic E-state index is 10.1. The zero-order valence-electron chi connectivity index (χ0n) is 9.81. The second kappa shape index (κ2) is 3.49. The predicted octanol–water partition coefficient (Wildman–Crippen LogP) is 2.66. The first-order valence-corrected chi connectivity index (χ1v) is 5.03. The van der Waals surface area contributed by atoms with Crippen molar-refractivity contribution in [2.24, 2.45) is 0 Å². The minimum Gasteiger partial charge on any atom is -0.390 e. The molecule has 0 saturated carbocycles. The molecule has 0 atom stereocenters. The maximum Gasteiger partial charge on any atom is 0.0654 e. The van der Waals surface area contributed by atoms with Gasteiger partial charge in [0.2, 0.25) is 0 Å². The van der Waals surface area contributed by atoms with E-state index in [-0.39, 0.29) is 18.5 Å². The van der Waals surface area contributed by atoms with Crippen molar-refractivity contribution in [3.8, 4) is 0 Å². The van der Waals surface area contributed by atoms with Gasteiger partial charge in [0.1, 0.15) is 0 Å². The quantitative estimate of drug-likeness (QED) is 0.651. The van der Waals surface area contributed by atoms with Crippen molar-refractivity contribution in [1.29, 1.82) is 0 Å². The van der Waals surface area contributed by atoms with E-state index in [1.54, 1.807) is 0 Å². The molecule has 2 heteroatoms. The summed E-state index contributed by atoms with van der Waals surface area (Å²) in [4.78, 5) is 2.37. The van der Waals surface area contributed by atoms with Crippen molar-refractivity contribution in [2.45, 2.75) is 71.6 Å². The van der Waals surface area contributed by atoms with E-state index in [0.29, 0.717) is 0 Å². The highest BCUT2D eigenvalue weighted by Crippen LogP contribution is 2.41. The van der Waals surface area contributed by atoms with Crippen molar-refractivity contribution in [2.75, 3.05) is 7.05 Å². The number of likely N-dealkylation sites (tertiary alicyclic amines) is 1. The minimum atomic E-state index is -0.514. The number of nitrogens with zero attached hydrogens (tertiary/aromatic N) is 1. The summed E-state index contributed by atoms with van der Waals surface area (Å²) in [7, 11) is 2.15. The van der Waals surface area contributed by atoms with Crippen LogP contribution in [0, 0.1) is 0 Å². The predicted molar refractivity (Wildman–Crippen MR) is 62.5 cm³/mol. The Morgan fingerprint density at radius 1 is 0.929 bits per heavy atom. The van der Waals surface area contributed by atoms with Crippen LogP contribution in [0.1, 0.15) is 54.9 Å². The largest absolute Gasteiger partial charge is 0.390 e. The number of aliphatic hydroxyl groups is 1. The summed E-state index contributed by atoms with van der Waals surface area (Å²) in [5, 5.41) is 10.1. The van der Waals surface area contributed by atoms with Gasteiger partial charge in [-0.05, 0) is 54.5 Å². The van der Waals surface area contributed by atoms with Crippen LogP contribution in [-0.2, 0) is 0 Å². The Morgan fingerprint density at radius 3 is 1.50 bits per heavy atom. The second-order valence-electron chi connectivity index (χ2n) is 6.03. The molecule has 0 aliphatic carbocycles. The standard InChI is InChI=1S/C11H23NO.CH4/c1-9(2)7-11(5,13)8-10(3,4)12(9)6;/h13H,7-8H2,1-6H3;1H4. The minimum absolute atomic E-state index is 0. The molecular formula is C12H27NO. The van der Waals surface area contributed by atoms with Crippen LogP contribution >= 0.6 is 0 Å². The molecule has 1 aliphatic heterocycles. The Bertz CT molecular complexity index is 186. The van der Waals surface area contributed by atoms with E-state index in [1.807, 2.05) is 6.92 Å². The van der Waals surface area contributed by atoms with Crippen molar-refractivity contribution < 1.29 is 5.11 Å². The molecule has 1 fully saturated rings. The number of hydrogen-bond acceptors (Lipinski definition) is 2. The fourth-order valence-corrected chi connectivity index (χ4v) is 2.98. The first kappa shape index (κ1) is 13.9. The van der Waals surface area contributed by atoms with Crippen LogP contribution in [0.5, 0.6) is 0 Å². The Morgan fingerprint density at radius 2 is 1.21 bits per heavy atom. The second-order valence-corrected chi connectivity index (χ2v) is 6.03. The van der Waals surface area contributed by atoms with E-state index in [9.17, 15) is 5.11 Å². The third kappa shape index (κ3) is 2.48. The fourth-order valence-electron chi connectivity index (χ4n) is 2.98. The molecule has 0 aromatic rings. The molecule has 0 spiro atoms. The molecule has 0 aromatic carbocycles. The molecule has 0 radical (unpaired) electrons. The lowest BCUT2D eigenvalue weighted by molar-refractivity contribution is -0.114. The van der Waals surface area contributed by atoms with Gasteiger partial charge < -0.3 is 5.11 Å². The van der Waals surface area contributed by atoms with E-state index >= 15 is 0 Å². The van der Waals surface area contributed by atoms with Crippen molar-refractivity contribution in [3.05, 3.63) is 0 Å². The Balaban J connectivity index is 0.00000169. The van der Waals surface area contributed by atoms with Crippen LogP contribution in [0.25, 0.3) is 0 Å². The van der Waals surface area contributed by atoms with Crippen LogP contribution in [0.15, 0.2) is 0 Å². The molecule has 86 valence electrons. The average molecular weight is 201 g/mol. The van der Waals surface area contributed by atoms with Crippen molar-refractivity contribution >= 4 is 0 Å². The molecule has 1 aliphatic rings.